The van der Waals surface area contributed by atoms with Crippen molar-refractivity contribution in [2.24, 2.45) is 0 Å². The van der Waals surface area contributed by atoms with Crippen LogP contribution in [0.25, 0.3) is 17.0 Å². The number of hydrogen-bond acceptors (Lipinski definition) is 6. The van der Waals surface area contributed by atoms with Crippen molar-refractivity contribution in [3.63, 3.8) is 0 Å². The number of methoxy groups -OCH3 is 1. The van der Waals surface area contributed by atoms with Gasteiger partial charge in [-0.1, -0.05) is 48.6 Å². The van der Waals surface area contributed by atoms with Crippen LogP contribution < -0.4 is 14.8 Å². The number of ether oxygens (including phenoxy) is 4. The fourth-order valence-electron chi connectivity index (χ4n) is 4.99. The number of nitrogens with zero attached hydrogens (tertiary/aromatic N) is 1. The van der Waals surface area contributed by atoms with Gasteiger partial charge in [0.15, 0.2) is 18.3 Å². The van der Waals surface area contributed by atoms with E-state index >= 15 is 0 Å². The van der Waals surface area contributed by atoms with Crippen LogP contribution in [0.15, 0.2) is 66.9 Å². The number of aromatic amines is 1. The number of likely N-dealkylation sites (tertiary alicyclic amines) is 1. The summed E-state index contributed by atoms with van der Waals surface area (Å²) in [5.41, 5.74) is 3.48. The van der Waals surface area contributed by atoms with E-state index < -0.39 is 0 Å². The molecule has 0 aliphatic carbocycles. The maximum atomic E-state index is 12.3. The normalized spacial score (nSPS) is 14.8. The van der Waals surface area contributed by atoms with Crippen molar-refractivity contribution in [1.82, 2.24) is 15.2 Å². The number of carbonyl (C=O) groups excluding carboxylic acids is 1. The molecule has 214 valence electrons. The molecule has 2 heterocycles. The van der Waals surface area contributed by atoms with Gasteiger partial charge in [-0.2, -0.15) is 0 Å². The lowest BCUT2D eigenvalue weighted by Crippen LogP contribution is -2.38. The molecule has 8 nitrogen and oxygen atoms in total. The van der Waals surface area contributed by atoms with Crippen molar-refractivity contribution in [1.29, 1.82) is 0 Å². The highest BCUT2D eigenvalue weighted by Crippen LogP contribution is 2.33. The number of aromatic nitrogens is 1. The van der Waals surface area contributed by atoms with E-state index in [9.17, 15) is 4.79 Å². The molecule has 2 aromatic carbocycles. The zero-order chi connectivity index (χ0) is 28.0. The molecule has 1 aromatic heterocycles. The van der Waals surface area contributed by atoms with Crippen molar-refractivity contribution in [2.75, 3.05) is 59.9 Å². The first-order chi connectivity index (χ1) is 19.7. The molecule has 40 heavy (non-hydrogen) atoms. The second-order valence-electron chi connectivity index (χ2n) is 9.69. The third kappa shape index (κ3) is 8.45. The van der Waals surface area contributed by atoms with Crippen LogP contribution in [-0.2, 0) is 14.3 Å². The number of allylic oxidation sites excluding steroid dienone is 2. The van der Waals surface area contributed by atoms with Crippen LogP contribution in [0.2, 0.25) is 0 Å². The summed E-state index contributed by atoms with van der Waals surface area (Å²) in [6.07, 6.45) is 11.4. The van der Waals surface area contributed by atoms with Gasteiger partial charge < -0.3 is 34.1 Å². The van der Waals surface area contributed by atoms with E-state index in [1.807, 2.05) is 37.3 Å². The highest BCUT2D eigenvalue weighted by Gasteiger charge is 2.22. The van der Waals surface area contributed by atoms with E-state index in [2.05, 4.69) is 45.7 Å². The molecule has 0 saturated carbocycles. The Morgan fingerprint density at radius 1 is 1.07 bits per heavy atom. The number of nitrogens with one attached hydrogen (secondary N) is 2. The molecular formula is C32H41N3O5. The monoisotopic (exact) mass is 547 g/mol. The molecule has 1 aliphatic rings. The van der Waals surface area contributed by atoms with Crippen LogP contribution in [-0.4, -0.2) is 75.7 Å². The predicted molar refractivity (Wildman–Crippen MR) is 159 cm³/mol. The lowest BCUT2D eigenvalue weighted by Gasteiger charge is -2.31. The summed E-state index contributed by atoms with van der Waals surface area (Å²) in [5.74, 6) is 1.72. The quantitative estimate of drug-likeness (QED) is 0.119. The van der Waals surface area contributed by atoms with Gasteiger partial charge >= 0.3 is 0 Å². The van der Waals surface area contributed by atoms with Gasteiger partial charge in [0.2, 0.25) is 5.91 Å². The second kappa shape index (κ2) is 15.9. The van der Waals surface area contributed by atoms with E-state index in [-0.39, 0.29) is 12.7 Å². The number of carbonyl (C=O) groups is 1. The van der Waals surface area contributed by atoms with Gasteiger partial charge in [-0.25, -0.2) is 0 Å². The van der Waals surface area contributed by atoms with Crippen molar-refractivity contribution >= 4 is 22.9 Å². The standard InChI is InChI=1S/C32H41N3O5/c1-3-39-30-13-8-10-26(32(30)40-24-38-22-21-37-2)9-4-7-14-31(36)33-17-20-35-18-15-25(16-19-35)28-23-34-29-12-6-5-11-27(28)29/h4-14,23,25,34H,3,15-22,24H2,1-2H3,(H,33,36)/b9-4+,14-7+. The molecule has 0 unspecified atom stereocenters. The van der Waals surface area contributed by atoms with E-state index in [0.717, 1.165) is 38.0 Å². The first kappa shape index (κ1) is 29.4. The van der Waals surface area contributed by atoms with Crippen LogP contribution >= 0.6 is 0 Å². The molecular weight excluding hydrogens is 506 g/mol. The lowest BCUT2D eigenvalue weighted by molar-refractivity contribution is -0.116. The van der Waals surface area contributed by atoms with Crippen molar-refractivity contribution in [2.45, 2.75) is 25.7 Å². The van der Waals surface area contributed by atoms with E-state index in [1.54, 1.807) is 19.3 Å². The Bertz CT molecular complexity index is 1260. The highest BCUT2D eigenvalue weighted by atomic mass is 16.7. The third-order valence-electron chi connectivity index (χ3n) is 7.04. The summed E-state index contributed by atoms with van der Waals surface area (Å²) < 4.78 is 22.0. The number of piperidine rings is 1. The number of rotatable bonds is 15. The fraction of sp³-hybridized carbons (Fsp3) is 0.406. The molecule has 0 spiro atoms. The number of hydrogen-bond donors (Lipinski definition) is 2. The van der Waals surface area contributed by atoms with Crippen molar-refractivity contribution < 1.29 is 23.7 Å². The Morgan fingerprint density at radius 2 is 1.93 bits per heavy atom. The Hall–Kier alpha value is -3.59. The van der Waals surface area contributed by atoms with E-state index in [4.69, 9.17) is 18.9 Å². The molecule has 1 amide bonds. The van der Waals surface area contributed by atoms with Gasteiger partial charge in [-0.05, 0) is 56.5 Å². The summed E-state index contributed by atoms with van der Waals surface area (Å²) in [6, 6.07) is 14.2. The summed E-state index contributed by atoms with van der Waals surface area (Å²) in [7, 11) is 1.63. The van der Waals surface area contributed by atoms with Crippen LogP contribution in [0.5, 0.6) is 11.5 Å². The van der Waals surface area contributed by atoms with Gasteiger partial charge in [0, 0.05) is 48.9 Å². The average molecular weight is 548 g/mol. The molecule has 0 radical (unpaired) electrons. The number of amides is 1. The smallest absolute Gasteiger partial charge is 0.244 e. The van der Waals surface area contributed by atoms with E-state index in [0.29, 0.717) is 43.8 Å². The fourth-order valence-corrected chi connectivity index (χ4v) is 4.99. The largest absolute Gasteiger partial charge is 0.490 e. The molecule has 1 saturated heterocycles. The van der Waals surface area contributed by atoms with Gasteiger partial charge in [-0.15, -0.1) is 0 Å². The molecule has 4 rings (SSSR count). The number of H-pyrrole nitrogens is 1. The van der Waals surface area contributed by atoms with Crippen LogP contribution in [0.4, 0.5) is 0 Å². The zero-order valence-corrected chi connectivity index (χ0v) is 23.6. The number of para-hydroxylation sites is 2. The predicted octanol–water partition coefficient (Wildman–Crippen LogP) is 5.13. The average Bonchev–Trinajstić information content (AvgIpc) is 3.41. The topological polar surface area (TPSA) is 85.1 Å². The third-order valence-corrected chi connectivity index (χ3v) is 7.04. The molecule has 1 fully saturated rings. The van der Waals surface area contributed by atoms with Crippen molar-refractivity contribution in [3.05, 3.63) is 78.0 Å². The molecule has 0 bridgehead atoms. The maximum Gasteiger partial charge on any atom is 0.244 e. The number of benzene rings is 2. The van der Waals surface area contributed by atoms with E-state index in [1.165, 1.54) is 16.5 Å². The number of fused-ring (bicyclic) bond motifs is 1. The van der Waals surface area contributed by atoms with Gasteiger partial charge in [0.1, 0.15) is 0 Å². The Balaban J connectivity index is 1.19. The van der Waals surface area contributed by atoms with Gasteiger partial charge in [0.05, 0.1) is 19.8 Å². The minimum absolute atomic E-state index is 0.0905. The van der Waals surface area contributed by atoms with Crippen LogP contribution in [0.3, 0.4) is 0 Å². The lowest BCUT2D eigenvalue weighted by atomic mass is 9.89. The SMILES string of the molecule is CCOc1cccc(/C=C/C=C/C(=O)NCCN2CCC(c3c[nH]c4ccccc34)CC2)c1OCOCCOC. The molecule has 1 aliphatic heterocycles. The highest BCUT2D eigenvalue weighted by molar-refractivity contribution is 5.88. The molecule has 2 N–H and O–H groups in total. The second-order valence-corrected chi connectivity index (χ2v) is 9.69. The Labute approximate surface area is 236 Å². The first-order valence-electron chi connectivity index (χ1n) is 14.1. The molecule has 0 atom stereocenters. The van der Waals surface area contributed by atoms with Crippen LogP contribution in [0, 0.1) is 0 Å². The van der Waals surface area contributed by atoms with Gasteiger partial charge in [-0.3, -0.25) is 4.79 Å². The van der Waals surface area contributed by atoms with Crippen LogP contribution in [0.1, 0.15) is 36.8 Å². The molecule has 3 aromatic rings. The summed E-state index contributed by atoms with van der Waals surface area (Å²) in [5, 5.41) is 4.34. The molecule has 8 heteroatoms. The Morgan fingerprint density at radius 3 is 2.75 bits per heavy atom. The summed E-state index contributed by atoms with van der Waals surface area (Å²) in [6.45, 7) is 7.05. The minimum Gasteiger partial charge on any atom is -0.490 e. The first-order valence-corrected chi connectivity index (χ1v) is 14.1. The van der Waals surface area contributed by atoms with Crippen molar-refractivity contribution in [3.8, 4) is 11.5 Å². The zero-order valence-electron chi connectivity index (χ0n) is 23.6. The minimum atomic E-state index is -0.107. The summed E-state index contributed by atoms with van der Waals surface area (Å²) >= 11 is 0. The maximum absolute atomic E-state index is 12.3. The Kier molecular flexibility index (Phi) is 11.7. The van der Waals surface area contributed by atoms with Gasteiger partial charge in [0.25, 0.3) is 0 Å². The summed E-state index contributed by atoms with van der Waals surface area (Å²) in [4.78, 5) is 18.2.